The predicted molar refractivity (Wildman–Crippen MR) is 58.3 cm³/mol. The van der Waals surface area contributed by atoms with E-state index in [1.807, 2.05) is 6.92 Å². The Morgan fingerprint density at radius 2 is 2.07 bits per heavy atom. The summed E-state index contributed by atoms with van der Waals surface area (Å²) in [5.41, 5.74) is 0.426. The van der Waals surface area contributed by atoms with Crippen molar-refractivity contribution < 1.29 is 14.6 Å². The number of rotatable bonds is 4. The summed E-state index contributed by atoms with van der Waals surface area (Å²) in [4.78, 5) is 11.4. The van der Waals surface area contributed by atoms with E-state index in [0.717, 1.165) is 0 Å². The maximum atomic E-state index is 11.4. The van der Waals surface area contributed by atoms with Crippen LogP contribution in [-0.2, 0) is 4.74 Å². The van der Waals surface area contributed by atoms with E-state index in [1.165, 1.54) is 24.3 Å². The number of carbonyl (C=O) groups excluding carboxylic acids is 1. The van der Waals surface area contributed by atoms with Gasteiger partial charge < -0.3 is 9.84 Å². The molecule has 1 atom stereocenters. The monoisotopic (exact) mass is 228 g/mol. The van der Waals surface area contributed by atoms with Gasteiger partial charge in [0.1, 0.15) is 5.75 Å². The fourth-order valence-electron chi connectivity index (χ4n) is 0.995. The molecule has 0 amide bonds. The van der Waals surface area contributed by atoms with Crippen LogP contribution < -0.4 is 0 Å². The number of carbonyl (C=O) groups is 1. The number of phenols is 1. The summed E-state index contributed by atoms with van der Waals surface area (Å²) in [7, 11) is 0. The molecular weight excluding hydrogens is 216 g/mol. The molecule has 82 valence electrons. The molecule has 0 saturated heterocycles. The highest BCUT2D eigenvalue weighted by Crippen LogP contribution is 2.11. The van der Waals surface area contributed by atoms with Crippen LogP contribution in [0.4, 0.5) is 0 Å². The van der Waals surface area contributed by atoms with Crippen LogP contribution >= 0.6 is 11.6 Å². The number of hydrogen-bond donors (Lipinski definition) is 1. The van der Waals surface area contributed by atoms with Crippen LogP contribution in [0.2, 0.25) is 0 Å². The SMILES string of the molecule is CC(Cl)CCOC(=O)c1ccc(O)cc1. The smallest absolute Gasteiger partial charge is 0.338 e. The average molecular weight is 229 g/mol. The number of benzene rings is 1. The molecule has 0 radical (unpaired) electrons. The van der Waals surface area contributed by atoms with Gasteiger partial charge in [0, 0.05) is 5.38 Å². The van der Waals surface area contributed by atoms with Gasteiger partial charge in [-0.2, -0.15) is 0 Å². The molecule has 15 heavy (non-hydrogen) atoms. The lowest BCUT2D eigenvalue weighted by Gasteiger charge is -2.05. The van der Waals surface area contributed by atoms with E-state index in [4.69, 9.17) is 21.4 Å². The van der Waals surface area contributed by atoms with Crippen molar-refractivity contribution in [2.75, 3.05) is 6.61 Å². The van der Waals surface area contributed by atoms with E-state index in [2.05, 4.69) is 0 Å². The molecule has 1 aromatic rings. The molecule has 1 unspecified atom stereocenters. The zero-order chi connectivity index (χ0) is 11.3. The van der Waals surface area contributed by atoms with Gasteiger partial charge in [0.15, 0.2) is 0 Å². The molecule has 0 aliphatic heterocycles. The van der Waals surface area contributed by atoms with Crippen molar-refractivity contribution in [2.45, 2.75) is 18.7 Å². The molecule has 0 fully saturated rings. The Morgan fingerprint density at radius 3 is 2.60 bits per heavy atom. The van der Waals surface area contributed by atoms with Crippen LogP contribution in [0.5, 0.6) is 5.75 Å². The first kappa shape index (κ1) is 11.9. The van der Waals surface area contributed by atoms with Gasteiger partial charge >= 0.3 is 5.97 Å². The maximum absolute atomic E-state index is 11.4. The Hall–Kier alpha value is -1.22. The van der Waals surface area contributed by atoms with Gasteiger partial charge in [0.25, 0.3) is 0 Å². The summed E-state index contributed by atoms with van der Waals surface area (Å²) >= 11 is 5.70. The Balaban J connectivity index is 2.43. The zero-order valence-corrected chi connectivity index (χ0v) is 9.20. The van der Waals surface area contributed by atoms with Crippen molar-refractivity contribution in [2.24, 2.45) is 0 Å². The fourth-order valence-corrected chi connectivity index (χ4v) is 1.08. The number of halogens is 1. The summed E-state index contributed by atoms with van der Waals surface area (Å²) in [5.74, 6) is -0.270. The minimum atomic E-state index is -0.396. The number of hydrogen-bond acceptors (Lipinski definition) is 3. The number of ether oxygens (including phenoxy) is 1. The Kier molecular flexibility index (Phi) is 4.43. The van der Waals surface area contributed by atoms with Gasteiger partial charge in [0.05, 0.1) is 12.2 Å². The molecule has 0 aromatic heterocycles. The van der Waals surface area contributed by atoms with Gasteiger partial charge in [-0.05, 0) is 37.6 Å². The molecule has 0 spiro atoms. The van der Waals surface area contributed by atoms with Crippen LogP contribution in [-0.4, -0.2) is 23.1 Å². The minimum Gasteiger partial charge on any atom is -0.508 e. The topological polar surface area (TPSA) is 46.5 Å². The molecular formula is C11H13ClO3. The second kappa shape index (κ2) is 5.61. The van der Waals surface area contributed by atoms with Crippen molar-refractivity contribution in [3.05, 3.63) is 29.8 Å². The number of phenolic OH excluding ortho intramolecular Hbond substituents is 1. The molecule has 1 rings (SSSR count). The van der Waals surface area contributed by atoms with Gasteiger partial charge in [-0.15, -0.1) is 11.6 Å². The Bertz CT molecular complexity index is 319. The first-order valence-corrected chi connectivity index (χ1v) is 5.13. The van der Waals surface area contributed by atoms with Gasteiger partial charge in [-0.3, -0.25) is 0 Å². The van der Waals surface area contributed by atoms with Crippen LogP contribution in [0.15, 0.2) is 24.3 Å². The van der Waals surface area contributed by atoms with Crippen molar-refractivity contribution in [3.63, 3.8) is 0 Å². The highest BCUT2D eigenvalue weighted by molar-refractivity contribution is 6.20. The standard InChI is InChI=1S/C11H13ClO3/c1-8(12)6-7-15-11(14)9-2-4-10(13)5-3-9/h2-5,8,13H,6-7H2,1H3. The number of aromatic hydroxyl groups is 1. The first-order valence-electron chi connectivity index (χ1n) is 4.70. The Labute approximate surface area is 93.6 Å². The average Bonchev–Trinajstić information content (AvgIpc) is 2.18. The lowest BCUT2D eigenvalue weighted by molar-refractivity contribution is 0.0501. The summed E-state index contributed by atoms with van der Waals surface area (Å²) in [5, 5.41) is 9.02. The number of esters is 1. The summed E-state index contributed by atoms with van der Waals surface area (Å²) in [6.45, 7) is 2.15. The third-order valence-electron chi connectivity index (χ3n) is 1.85. The lowest BCUT2D eigenvalue weighted by Crippen LogP contribution is -2.08. The first-order chi connectivity index (χ1) is 7.09. The summed E-state index contributed by atoms with van der Waals surface area (Å²) in [6.07, 6.45) is 0.630. The Morgan fingerprint density at radius 1 is 1.47 bits per heavy atom. The maximum Gasteiger partial charge on any atom is 0.338 e. The van der Waals surface area contributed by atoms with Crippen LogP contribution in [0.25, 0.3) is 0 Å². The second-order valence-electron chi connectivity index (χ2n) is 3.25. The van der Waals surface area contributed by atoms with E-state index in [-0.39, 0.29) is 11.1 Å². The number of alkyl halides is 1. The highest BCUT2D eigenvalue weighted by Gasteiger charge is 2.07. The zero-order valence-electron chi connectivity index (χ0n) is 8.44. The van der Waals surface area contributed by atoms with Crippen molar-refractivity contribution in [1.82, 2.24) is 0 Å². The molecule has 0 bridgehead atoms. The largest absolute Gasteiger partial charge is 0.508 e. The third kappa shape index (κ3) is 4.21. The molecule has 0 heterocycles. The lowest BCUT2D eigenvalue weighted by atomic mass is 10.2. The highest BCUT2D eigenvalue weighted by atomic mass is 35.5. The normalized spacial score (nSPS) is 12.1. The minimum absolute atomic E-state index is 0.00221. The van der Waals surface area contributed by atoms with Crippen molar-refractivity contribution in [3.8, 4) is 5.75 Å². The molecule has 0 aliphatic rings. The van der Waals surface area contributed by atoms with Crippen LogP contribution in [0, 0.1) is 0 Å². The summed E-state index contributed by atoms with van der Waals surface area (Å²) < 4.78 is 4.97. The summed E-state index contributed by atoms with van der Waals surface area (Å²) in [6, 6.07) is 5.92. The van der Waals surface area contributed by atoms with Crippen molar-refractivity contribution in [1.29, 1.82) is 0 Å². The van der Waals surface area contributed by atoms with E-state index in [9.17, 15) is 4.79 Å². The molecule has 3 nitrogen and oxygen atoms in total. The molecule has 1 N–H and O–H groups in total. The molecule has 0 aliphatic carbocycles. The van der Waals surface area contributed by atoms with E-state index in [0.29, 0.717) is 18.6 Å². The van der Waals surface area contributed by atoms with Crippen molar-refractivity contribution >= 4 is 17.6 Å². The van der Waals surface area contributed by atoms with Gasteiger partial charge in [-0.25, -0.2) is 4.79 Å². The van der Waals surface area contributed by atoms with Gasteiger partial charge in [0.2, 0.25) is 0 Å². The van der Waals surface area contributed by atoms with E-state index in [1.54, 1.807) is 0 Å². The molecule has 0 saturated carbocycles. The van der Waals surface area contributed by atoms with Crippen LogP contribution in [0.1, 0.15) is 23.7 Å². The predicted octanol–water partition coefficient (Wildman–Crippen LogP) is 2.57. The molecule has 1 aromatic carbocycles. The quantitative estimate of drug-likeness (QED) is 0.637. The van der Waals surface area contributed by atoms with Gasteiger partial charge in [-0.1, -0.05) is 0 Å². The molecule has 4 heteroatoms. The van der Waals surface area contributed by atoms with E-state index < -0.39 is 5.97 Å². The second-order valence-corrected chi connectivity index (χ2v) is 4.00. The third-order valence-corrected chi connectivity index (χ3v) is 2.07. The van der Waals surface area contributed by atoms with Crippen LogP contribution in [0.3, 0.4) is 0 Å². The fraction of sp³-hybridized carbons (Fsp3) is 0.364. The van der Waals surface area contributed by atoms with E-state index >= 15 is 0 Å².